The number of hydrogen-bond donors (Lipinski definition) is 2. The maximum absolute atomic E-state index is 12.6. The highest BCUT2D eigenvalue weighted by Gasteiger charge is 2.23. The van der Waals surface area contributed by atoms with Crippen molar-refractivity contribution < 1.29 is 9.32 Å². The van der Waals surface area contributed by atoms with Crippen molar-refractivity contribution in [1.29, 1.82) is 0 Å². The van der Waals surface area contributed by atoms with Gasteiger partial charge in [0.1, 0.15) is 0 Å². The Bertz CT molecular complexity index is 931. The first kappa shape index (κ1) is 20.0. The number of aromatic nitrogens is 4. The summed E-state index contributed by atoms with van der Waals surface area (Å²) in [5.41, 5.74) is 8.59. The maximum atomic E-state index is 12.6. The van der Waals surface area contributed by atoms with E-state index in [4.69, 9.17) is 10.3 Å². The van der Waals surface area contributed by atoms with Gasteiger partial charge < -0.3 is 10.3 Å². The molecule has 148 valence electrons. The first-order chi connectivity index (χ1) is 13.1. The highest BCUT2D eigenvalue weighted by Crippen LogP contribution is 2.31. The van der Waals surface area contributed by atoms with Gasteiger partial charge in [-0.1, -0.05) is 40.7 Å². The Morgan fingerprint density at radius 3 is 2.64 bits per heavy atom. The average molecular weight is 403 g/mol. The highest BCUT2D eigenvalue weighted by atomic mass is 35.5. The molecule has 2 heterocycles. The van der Waals surface area contributed by atoms with Crippen molar-refractivity contribution in [2.75, 3.05) is 5.32 Å². The zero-order chi connectivity index (χ0) is 18.8. The predicted molar refractivity (Wildman–Crippen MR) is 107 cm³/mol. The molecule has 0 aliphatic heterocycles. The van der Waals surface area contributed by atoms with Gasteiger partial charge in [-0.2, -0.15) is 0 Å². The van der Waals surface area contributed by atoms with Crippen LogP contribution in [0.15, 0.2) is 41.1 Å². The van der Waals surface area contributed by atoms with Crippen LogP contribution in [0, 0.1) is 6.92 Å². The van der Waals surface area contributed by atoms with Crippen molar-refractivity contribution in [3.63, 3.8) is 0 Å². The quantitative estimate of drug-likeness (QED) is 0.692. The number of anilines is 1. The topological polar surface area (TPSA) is 112 Å². The Labute approximate surface area is 168 Å². The third kappa shape index (κ3) is 4.07. The van der Waals surface area contributed by atoms with Crippen LogP contribution in [0.3, 0.4) is 0 Å². The number of rotatable bonds is 4. The van der Waals surface area contributed by atoms with Crippen LogP contribution >= 0.6 is 12.4 Å². The van der Waals surface area contributed by atoms with Gasteiger partial charge in [-0.05, 0) is 38.2 Å². The number of carbonyl (C=O) groups excluding carboxylic acids is 1. The Balaban J connectivity index is 0.00000225. The molecule has 8 nitrogen and oxygen atoms in total. The summed E-state index contributed by atoms with van der Waals surface area (Å²) in [6.07, 6.45) is 5.51. The second-order valence-corrected chi connectivity index (χ2v) is 6.94. The third-order valence-electron chi connectivity index (χ3n) is 5.01. The third-order valence-corrected chi connectivity index (χ3v) is 5.01. The number of nitrogens with two attached hydrogens (primary N) is 1. The molecule has 9 heteroatoms. The monoisotopic (exact) mass is 402 g/mol. The number of halogens is 1. The normalized spacial score (nSPS) is 19.1. The summed E-state index contributed by atoms with van der Waals surface area (Å²) in [7, 11) is 0. The number of benzene rings is 1. The van der Waals surface area contributed by atoms with E-state index in [0.29, 0.717) is 11.6 Å². The minimum absolute atomic E-state index is 0. The van der Waals surface area contributed by atoms with E-state index in [1.54, 1.807) is 10.9 Å². The molecular weight excluding hydrogens is 380 g/mol. The minimum atomic E-state index is -0.373. The fourth-order valence-electron chi connectivity index (χ4n) is 3.49. The fraction of sp³-hybridized carbons (Fsp3) is 0.368. The summed E-state index contributed by atoms with van der Waals surface area (Å²) >= 11 is 0. The molecule has 4 rings (SSSR count). The summed E-state index contributed by atoms with van der Waals surface area (Å²) in [5.74, 6) is -0.0658. The van der Waals surface area contributed by atoms with Crippen molar-refractivity contribution in [3.8, 4) is 11.1 Å². The van der Waals surface area contributed by atoms with Gasteiger partial charge in [0, 0.05) is 6.04 Å². The number of amides is 1. The molecule has 1 fully saturated rings. The van der Waals surface area contributed by atoms with Crippen LogP contribution in [-0.4, -0.2) is 32.1 Å². The molecule has 1 aromatic carbocycles. The smallest absolute Gasteiger partial charge is 0.280 e. The molecule has 0 atom stereocenters. The lowest BCUT2D eigenvalue weighted by atomic mass is 9.92. The number of nitrogens with zero attached hydrogens (tertiary/aromatic N) is 4. The molecule has 1 saturated carbocycles. The van der Waals surface area contributed by atoms with Gasteiger partial charge in [-0.15, -0.1) is 17.5 Å². The van der Waals surface area contributed by atoms with E-state index in [-0.39, 0.29) is 36.1 Å². The lowest BCUT2D eigenvalue weighted by Crippen LogP contribution is -2.28. The van der Waals surface area contributed by atoms with Crippen molar-refractivity contribution in [2.45, 2.75) is 44.7 Å². The van der Waals surface area contributed by atoms with E-state index in [9.17, 15) is 4.79 Å². The Morgan fingerprint density at radius 1 is 1.21 bits per heavy atom. The minimum Gasteiger partial charge on any atom is -0.337 e. The van der Waals surface area contributed by atoms with Crippen molar-refractivity contribution in [1.82, 2.24) is 20.2 Å². The van der Waals surface area contributed by atoms with E-state index in [2.05, 4.69) is 20.8 Å². The zero-order valence-electron chi connectivity index (χ0n) is 15.5. The Kier molecular flexibility index (Phi) is 6.11. The van der Waals surface area contributed by atoms with Crippen LogP contribution in [0.25, 0.3) is 11.1 Å². The Morgan fingerprint density at radius 2 is 1.93 bits per heavy atom. The standard InChI is InChI=1S/C19H22N6O2.ClH/c1-12-17(13-5-3-2-4-6-13)19(27-23-12)21-18(26)16-11-25(24-22-16)15-9-7-14(20)8-10-15;/h2-6,11,14-15H,7-10,20H2,1H3,(H,21,26);1H. The zero-order valence-corrected chi connectivity index (χ0v) is 16.4. The Hall–Kier alpha value is -2.71. The van der Waals surface area contributed by atoms with Gasteiger partial charge in [0.15, 0.2) is 5.69 Å². The van der Waals surface area contributed by atoms with E-state index in [1.165, 1.54) is 0 Å². The van der Waals surface area contributed by atoms with E-state index in [1.807, 2.05) is 37.3 Å². The van der Waals surface area contributed by atoms with Crippen LogP contribution in [0.4, 0.5) is 5.88 Å². The number of carbonyl (C=O) groups is 1. The molecule has 3 N–H and O–H groups in total. The fourth-order valence-corrected chi connectivity index (χ4v) is 3.49. The van der Waals surface area contributed by atoms with Gasteiger partial charge in [0.05, 0.1) is 23.5 Å². The molecule has 28 heavy (non-hydrogen) atoms. The average Bonchev–Trinajstić information content (AvgIpc) is 3.30. The SMILES string of the molecule is Cc1noc(NC(=O)c2cn(C3CCC(N)CC3)nn2)c1-c1ccccc1.Cl. The molecule has 0 spiro atoms. The molecule has 1 aliphatic carbocycles. The lowest BCUT2D eigenvalue weighted by molar-refractivity contribution is 0.101. The summed E-state index contributed by atoms with van der Waals surface area (Å²) < 4.78 is 7.09. The second-order valence-electron chi connectivity index (χ2n) is 6.94. The molecule has 2 aromatic heterocycles. The first-order valence-electron chi connectivity index (χ1n) is 9.12. The largest absolute Gasteiger partial charge is 0.337 e. The van der Waals surface area contributed by atoms with Crippen molar-refractivity contribution >= 4 is 24.2 Å². The molecule has 0 radical (unpaired) electrons. The van der Waals surface area contributed by atoms with Crippen LogP contribution in [0.5, 0.6) is 0 Å². The van der Waals surface area contributed by atoms with Gasteiger partial charge in [-0.25, -0.2) is 4.68 Å². The van der Waals surface area contributed by atoms with E-state index in [0.717, 1.165) is 36.8 Å². The van der Waals surface area contributed by atoms with Crippen molar-refractivity contribution in [2.24, 2.45) is 5.73 Å². The number of aryl methyl sites for hydroxylation is 1. The second kappa shape index (κ2) is 8.53. The summed E-state index contributed by atoms with van der Waals surface area (Å²) in [4.78, 5) is 12.6. The van der Waals surface area contributed by atoms with Gasteiger partial charge >= 0.3 is 0 Å². The summed E-state index contributed by atoms with van der Waals surface area (Å²) in [6, 6.07) is 10.2. The lowest BCUT2D eigenvalue weighted by Gasteiger charge is -2.25. The molecule has 1 amide bonds. The highest BCUT2D eigenvalue weighted by molar-refractivity contribution is 6.03. The molecule has 0 saturated heterocycles. The molecule has 1 aliphatic rings. The molecule has 3 aromatic rings. The van der Waals surface area contributed by atoms with Crippen LogP contribution < -0.4 is 11.1 Å². The van der Waals surface area contributed by atoms with Crippen molar-refractivity contribution in [3.05, 3.63) is 47.9 Å². The summed E-state index contributed by atoms with van der Waals surface area (Å²) in [6.45, 7) is 1.84. The van der Waals surface area contributed by atoms with E-state index >= 15 is 0 Å². The van der Waals surface area contributed by atoms with E-state index < -0.39 is 0 Å². The maximum Gasteiger partial charge on any atom is 0.280 e. The molecule has 0 unspecified atom stereocenters. The van der Waals surface area contributed by atoms with Gasteiger partial charge in [0.25, 0.3) is 5.91 Å². The first-order valence-corrected chi connectivity index (χ1v) is 9.12. The van der Waals surface area contributed by atoms with Gasteiger partial charge in [0.2, 0.25) is 5.88 Å². The predicted octanol–water partition coefficient (Wildman–Crippen LogP) is 3.36. The molecule has 0 bridgehead atoms. The van der Waals surface area contributed by atoms with Gasteiger partial charge in [-0.3, -0.25) is 10.1 Å². The van der Waals surface area contributed by atoms with Crippen LogP contribution in [0.1, 0.15) is 47.9 Å². The number of nitrogens with one attached hydrogen (secondary N) is 1. The van der Waals surface area contributed by atoms with Crippen LogP contribution in [0.2, 0.25) is 0 Å². The molecular formula is C19H23ClN6O2. The summed E-state index contributed by atoms with van der Waals surface area (Å²) in [5, 5.41) is 14.9. The number of hydrogen-bond acceptors (Lipinski definition) is 6. The van der Waals surface area contributed by atoms with Crippen LogP contribution in [-0.2, 0) is 0 Å².